The molecule has 0 aliphatic carbocycles. The van der Waals surface area contributed by atoms with E-state index in [2.05, 4.69) is 24.0 Å². The first kappa shape index (κ1) is 13.3. The third kappa shape index (κ3) is 2.49. The molecule has 18 heavy (non-hydrogen) atoms. The Hall–Kier alpha value is -1.13. The summed E-state index contributed by atoms with van der Waals surface area (Å²) in [5, 5.41) is 7.88. The predicted molar refractivity (Wildman–Crippen MR) is 77.4 cm³/mol. The van der Waals surface area contributed by atoms with Crippen LogP contribution < -0.4 is 0 Å². The van der Waals surface area contributed by atoms with Crippen LogP contribution in [0.3, 0.4) is 0 Å². The molecule has 0 radical (unpaired) electrons. The molecule has 0 saturated carbocycles. The highest BCUT2D eigenvalue weighted by atomic mass is 35.5. The smallest absolute Gasteiger partial charge is 0.195 e. The van der Waals surface area contributed by atoms with Crippen molar-refractivity contribution >= 4 is 23.8 Å². The molecule has 5 heteroatoms. The Morgan fingerprint density at radius 1 is 1.44 bits per heavy atom. The van der Waals surface area contributed by atoms with Gasteiger partial charge in [0.1, 0.15) is 0 Å². The van der Waals surface area contributed by atoms with Gasteiger partial charge in [0, 0.05) is 12.1 Å². The van der Waals surface area contributed by atoms with E-state index >= 15 is 0 Å². The van der Waals surface area contributed by atoms with Gasteiger partial charge in [-0.25, -0.2) is 0 Å². The molecule has 0 aliphatic heterocycles. The number of benzene rings is 1. The average molecular weight is 282 g/mol. The standard InChI is InChI=1S/C13H16ClN3S/c1-8(2)7-17-12(15-16-13(17)18)10-6-4-5-9(3)11(10)14/h4-6,8H,7H2,1-3H3,(H,16,18). The van der Waals surface area contributed by atoms with Gasteiger partial charge in [-0.1, -0.05) is 37.6 Å². The summed E-state index contributed by atoms with van der Waals surface area (Å²) in [5.74, 6) is 1.30. The van der Waals surface area contributed by atoms with Crippen molar-refractivity contribution in [2.24, 2.45) is 5.92 Å². The van der Waals surface area contributed by atoms with Gasteiger partial charge >= 0.3 is 0 Å². The molecular weight excluding hydrogens is 266 g/mol. The van der Waals surface area contributed by atoms with Gasteiger partial charge in [0.15, 0.2) is 10.6 Å². The van der Waals surface area contributed by atoms with Crippen molar-refractivity contribution in [3.8, 4) is 11.4 Å². The molecule has 1 aromatic heterocycles. The summed E-state index contributed by atoms with van der Waals surface area (Å²) < 4.78 is 2.64. The second-order valence-electron chi connectivity index (χ2n) is 4.79. The topological polar surface area (TPSA) is 33.6 Å². The molecule has 0 spiro atoms. The van der Waals surface area contributed by atoms with E-state index in [4.69, 9.17) is 23.8 Å². The average Bonchev–Trinajstić information content (AvgIpc) is 2.64. The highest BCUT2D eigenvalue weighted by molar-refractivity contribution is 7.71. The maximum Gasteiger partial charge on any atom is 0.195 e. The number of nitrogens with one attached hydrogen (secondary N) is 1. The minimum absolute atomic E-state index is 0.497. The van der Waals surface area contributed by atoms with E-state index in [1.807, 2.05) is 29.7 Å². The van der Waals surface area contributed by atoms with Crippen LogP contribution in [0.25, 0.3) is 11.4 Å². The number of aromatic amines is 1. The Labute approximate surface area is 117 Å². The Bertz CT molecular complexity index is 613. The number of H-pyrrole nitrogens is 1. The lowest BCUT2D eigenvalue weighted by Gasteiger charge is -2.11. The summed E-state index contributed by atoms with van der Waals surface area (Å²) in [6, 6.07) is 5.94. The van der Waals surface area contributed by atoms with Crippen molar-refractivity contribution in [3.63, 3.8) is 0 Å². The predicted octanol–water partition coefficient (Wildman–Crippen LogP) is 4.23. The fourth-order valence-electron chi connectivity index (χ4n) is 1.88. The lowest BCUT2D eigenvalue weighted by Crippen LogP contribution is -2.06. The van der Waals surface area contributed by atoms with Crippen LogP contribution >= 0.6 is 23.8 Å². The summed E-state index contributed by atoms with van der Waals surface area (Å²) in [7, 11) is 0. The van der Waals surface area contributed by atoms with Crippen LogP contribution in [0.1, 0.15) is 19.4 Å². The van der Waals surface area contributed by atoms with E-state index in [0.29, 0.717) is 10.7 Å². The number of hydrogen-bond donors (Lipinski definition) is 1. The van der Waals surface area contributed by atoms with Gasteiger partial charge in [0.2, 0.25) is 0 Å². The number of nitrogens with zero attached hydrogens (tertiary/aromatic N) is 2. The molecule has 2 rings (SSSR count). The van der Waals surface area contributed by atoms with Gasteiger partial charge in [-0.3, -0.25) is 9.67 Å². The van der Waals surface area contributed by atoms with E-state index < -0.39 is 0 Å². The molecule has 1 N–H and O–H groups in total. The fraction of sp³-hybridized carbons (Fsp3) is 0.385. The summed E-state index contributed by atoms with van der Waals surface area (Å²) in [6.07, 6.45) is 0. The van der Waals surface area contributed by atoms with Gasteiger partial charge in [-0.15, -0.1) is 0 Å². The van der Waals surface area contributed by atoms with Crippen molar-refractivity contribution in [1.29, 1.82) is 0 Å². The lowest BCUT2D eigenvalue weighted by molar-refractivity contribution is 0.521. The largest absolute Gasteiger partial charge is 0.300 e. The molecule has 0 bridgehead atoms. The number of halogens is 1. The third-order valence-electron chi connectivity index (χ3n) is 2.74. The van der Waals surface area contributed by atoms with Gasteiger partial charge in [-0.05, 0) is 36.7 Å². The zero-order valence-electron chi connectivity index (χ0n) is 10.7. The molecule has 0 aliphatic rings. The number of rotatable bonds is 3. The normalized spacial score (nSPS) is 11.2. The second-order valence-corrected chi connectivity index (χ2v) is 5.56. The molecule has 1 heterocycles. The van der Waals surface area contributed by atoms with E-state index in [-0.39, 0.29) is 0 Å². The Balaban J connectivity index is 2.58. The molecule has 3 nitrogen and oxygen atoms in total. The van der Waals surface area contributed by atoms with Crippen molar-refractivity contribution in [3.05, 3.63) is 33.6 Å². The molecule has 0 atom stereocenters. The second kappa shape index (κ2) is 5.24. The Morgan fingerprint density at radius 3 is 2.83 bits per heavy atom. The number of aromatic nitrogens is 3. The van der Waals surface area contributed by atoms with Crippen molar-refractivity contribution < 1.29 is 0 Å². The molecular formula is C13H16ClN3S. The highest BCUT2D eigenvalue weighted by Crippen LogP contribution is 2.29. The zero-order chi connectivity index (χ0) is 13.3. The van der Waals surface area contributed by atoms with Crippen LogP contribution in [0.2, 0.25) is 5.02 Å². The molecule has 0 saturated heterocycles. The third-order valence-corrected chi connectivity index (χ3v) is 3.55. The van der Waals surface area contributed by atoms with Crippen molar-refractivity contribution in [2.75, 3.05) is 0 Å². The first-order valence-electron chi connectivity index (χ1n) is 5.91. The van der Waals surface area contributed by atoms with Gasteiger partial charge in [0.25, 0.3) is 0 Å². The van der Waals surface area contributed by atoms with Crippen LogP contribution in [0, 0.1) is 17.6 Å². The van der Waals surface area contributed by atoms with E-state index in [0.717, 1.165) is 28.5 Å². The molecule has 96 valence electrons. The van der Waals surface area contributed by atoms with Crippen molar-refractivity contribution in [1.82, 2.24) is 14.8 Å². The van der Waals surface area contributed by atoms with Gasteiger partial charge in [-0.2, -0.15) is 5.10 Å². The Kier molecular flexibility index (Phi) is 3.88. The monoisotopic (exact) mass is 281 g/mol. The SMILES string of the molecule is Cc1cccc(-c2n[nH]c(=S)n2CC(C)C)c1Cl. The minimum Gasteiger partial charge on any atom is -0.300 e. The summed E-state index contributed by atoms with van der Waals surface area (Å²) in [4.78, 5) is 0. The Morgan fingerprint density at radius 2 is 2.17 bits per heavy atom. The molecule has 1 aromatic carbocycles. The molecule has 0 amide bonds. The maximum atomic E-state index is 6.34. The van der Waals surface area contributed by atoms with Gasteiger partial charge < -0.3 is 0 Å². The van der Waals surface area contributed by atoms with Crippen LogP contribution in [0.5, 0.6) is 0 Å². The van der Waals surface area contributed by atoms with Gasteiger partial charge in [0.05, 0.1) is 5.02 Å². The number of aryl methyl sites for hydroxylation is 1. The van der Waals surface area contributed by atoms with E-state index in [1.54, 1.807) is 0 Å². The highest BCUT2D eigenvalue weighted by Gasteiger charge is 2.13. The summed E-state index contributed by atoms with van der Waals surface area (Å²) >= 11 is 11.6. The first-order valence-corrected chi connectivity index (χ1v) is 6.70. The maximum absolute atomic E-state index is 6.34. The fourth-order valence-corrected chi connectivity index (χ4v) is 2.30. The molecule has 2 aromatic rings. The summed E-state index contributed by atoms with van der Waals surface area (Å²) in [5.41, 5.74) is 1.96. The quantitative estimate of drug-likeness (QED) is 0.855. The first-order chi connectivity index (χ1) is 8.50. The van der Waals surface area contributed by atoms with Crippen LogP contribution in [-0.2, 0) is 6.54 Å². The molecule has 0 unspecified atom stereocenters. The number of hydrogen-bond acceptors (Lipinski definition) is 2. The summed E-state index contributed by atoms with van der Waals surface area (Å²) in [6.45, 7) is 7.11. The zero-order valence-corrected chi connectivity index (χ0v) is 12.3. The minimum atomic E-state index is 0.497. The van der Waals surface area contributed by atoms with Crippen molar-refractivity contribution in [2.45, 2.75) is 27.3 Å². The van der Waals surface area contributed by atoms with E-state index in [9.17, 15) is 0 Å². The molecule has 0 fully saturated rings. The van der Waals surface area contributed by atoms with Crippen LogP contribution in [0.15, 0.2) is 18.2 Å². The van der Waals surface area contributed by atoms with Crippen LogP contribution in [-0.4, -0.2) is 14.8 Å². The van der Waals surface area contributed by atoms with Crippen LogP contribution in [0.4, 0.5) is 0 Å². The lowest BCUT2D eigenvalue weighted by atomic mass is 10.1. The van der Waals surface area contributed by atoms with E-state index in [1.165, 1.54) is 0 Å².